The van der Waals surface area contributed by atoms with E-state index in [1.807, 2.05) is 13.8 Å². The van der Waals surface area contributed by atoms with E-state index >= 15 is 0 Å². The van der Waals surface area contributed by atoms with Crippen molar-refractivity contribution in [2.75, 3.05) is 41.4 Å². The molecule has 3 atom stereocenters. The molecule has 0 unspecified atom stereocenters. The van der Waals surface area contributed by atoms with Crippen LogP contribution in [0.1, 0.15) is 56.3 Å². The van der Waals surface area contributed by atoms with Crippen LogP contribution < -0.4 is 19.9 Å². The monoisotopic (exact) mass is 578 g/mol. The summed E-state index contributed by atoms with van der Waals surface area (Å²) < 4.78 is 56.5. The summed E-state index contributed by atoms with van der Waals surface area (Å²) in [5.74, 6) is -2.80. The maximum Gasteiger partial charge on any atom is 0.391 e. The molecule has 5 heterocycles. The number of ketones is 1. The number of rotatable bonds is 7. The Morgan fingerprint density at radius 2 is 2.07 bits per heavy atom. The zero-order chi connectivity index (χ0) is 29.5. The Balaban J connectivity index is 1.36. The van der Waals surface area contributed by atoms with E-state index < -0.39 is 36.1 Å². The van der Waals surface area contributed by atoms with Crippen molar-refractivity contribution >= 4 is 29.1 Å². The van der Waals surface area contributed by atoms with Crippen LogP contribution in [0.25, 0.3) is 0 Å². The second-order valence-electron chi connectivity index (χ2n) is 11.1. The van der Waals surface area contributed by atoms with E-state index in [2.05, 4.69) is 25.2 Å². The molecule has 2 aromatic rings. The molecule has 0 spiro atoms. The second-order valence-corrected chi connectivity index (χ2v) is 11.1. The van der Waals surface area contributed by atoms with Gasteiger partial charge in [-0.3, -0.25) is 15.0 Å². The number of fused-ring (bicyclic) bond motifs is 4. The minimum atomic E-state index is -4.52. The Morgan fingerprint density at radius 3 is 2.78 bits per heavy atom. The maximum absolute atomic E-state index is 13.7. The van der Waals surface area contributed by atoms with Crippen LogP contribution in [-0.2, 0) is 9.47 Å². The summed E-state index contributed by atoms with van der Waals surface area (Å²) in [6.45, 7) is 8.16. The van der Waals surface area contributed by atoms with Gasteiger partial charge >= 0.3 is 12.2 Å². The van der Waals surface area contributed by atoms with Crippen LogP contribution in [0.3, 0.4) is 0 Å². The molecule has 2 bridgehead atoms. The van der Waals surface area contributed by atoms with Crippen molar-refractivity contribution in [1.82, 2.24) is 15.0 Å². The smallest absolute Gasteiger partial charge is 0.391 e. The summed E-state index contributed by atoms with van der Waals surface area (Å²) in [5, 5.41) is 2.78. The average Bonchev–Trinajstić information content (AvgIpc) is 3.25. The third kappa shape index (κ3) is 6.38. The quantitative estimate of drug-likeness (QED) is 0.474. The number of urea groups is 1. The predicted molar refractivity (Wildman–Crippen MR) is 142 cm³/mol. The molecule has 14 heteroatoms. The second kappa shape index (κ2) is 11.0. The topological polar surface area (TPSA) is 119 Å². The highest BCUT2D eigenvalue weighted by Gasteiger charge is 2.42. The number of pyridine rings is 1. The molecule has 11 nitrogen and oxygen atoms in total. The lowest BCUT2D eigenvalue weighted by molar-refractivity contribution is -0.168. The minimum absolute atomic E-state index is 0.197. The van der Waals surface area contributed by atoms with Gasteiger partial charge in [0, 0.05) is 31.8 Å². The third-order valence-electron chi connectivity index (χ3n) is 7.33. The standard InChI is InChI=1S/C27H33F3N6O5/c1-15(27(28,29)30)10-20(37)23-32-16(2)22-24(34-23)36(17-6-5-9-35(22)12-17)25(38)33-21-11-18(7-8-31-21)39-13-19-14-40-26(3,4)41-19/h7-8,11,15,17,19H,5-6,9-10,12-14H2,1-4H3,(H,31,33,38)/t15-,17-,19-/m0/s1. The van der Waals surface area contributed by atoms with E-state index in [1.165, 1.54) is 11.1 Å². The van der Waals surface area contributed by atoms with Crippen molar-refractivity contribution in [1.29, 1.82) is 0 Å². The van der Waals surface area contributed by atoms with Crippen molar-refractivity contribution in [2.24, 2.45) is 5.92 Å². The van der Waals surface area contributed by atoms with Crippen molar-refractivity contribution in [3.63, 3.8) is 0 Å². The van der Waals surface area contributed by atoms with E-state index in [1.54, 1.807) is 19.1 Å². The first-order valence-corrected chi connectivity index (χ1v) is 13.5. The molecule has 2 aromatic heterocycles. The maximum atomic E-state index is 13.7. The number of amides is 2. The predicted octanol–water partition coefficient (Wildman–Crippen LogP) is 4.50. The fourth-order valence-corrected chi connectivity index (χ4v) is 5.28. The molecule has 0 saturated carbocycles. The number of carbonyl (C=O) groups excluding carboxylic acids is 2. The third-order valence-corrected chi connectivity index (χ3v) is 7.33. The normalized spacial score (nSPS) is 22.2. The molecule has 5 rings (SSSR count). The molecular formula is C27H33F3N6O5. The molecule has 0 aromatic carbocycles. The zero-order valence-electron chi connectivity index (χ0n) is 23.3. The van der Waals surface area contributed by atoms with Gasteiger partial charge in [0.2, 0.25) is 5.78 Å². The summed E-state index contributed by atoms with van der Waals surface area (Å²) in [5.41, 5.74) is 1.01. The highest BCUT2D eigenvalue weighted by atomic mass is 19.4. The van der Waals surface area contributed by atoms with Crippen molar-refractivity contribution < 1.29 is 37.0 Å². The van der Waals surface area contributed by atoms with Crippen LogP contribution in [0.15, 0.2) is 18.3 Å². The number of ether oxygens (including phenoxy) is 3. The molecule has 41 heavy (non-hydrogen) atoms. The van der Waals surface area contributed by atoms with Crippen LogP contribution in [0.5, 0.6) is 5.75 Å². The number of carbonyl (C=O) groups is 2. The van der Waals surface area contributed by atoms with Gasteiger partial charge in [-0.15, -0.1) is 0 Å². The zero-order valence-corrected chi connectivity index (χ0v) is 23.3. The number of aryl methyl sites for hydroxylation is 1. The summed E-state index contributed by atoms with van der Waals surface area (Å²) in [7, 11) is 0. The molecule has 3 aliphatic heterocycles. The van der Waals surface area contributed by atoms with Gasteiger partial charge in [0.15, 0.2) is 17.4 Å². The molecule has 2 amide bonds. The van der Waals surface area contributed by atoms with E-state index in [0.717, 1.165) is 19.9 Å². The minimum Gasteiger partial charge on any atom is -0.491 e. The summed E-state index contributed by atoms with van der Waals surface area (Å²) >= 11 is 0. The number of nitrogens with one attached hydrogen (secondary N) is 1. The number of hydrogen-bond acceptors (Lipinski definition) is 9. The van der Waals surface area contributed by atoms with Crippen molar-refractivity contribution in [3.05, 3.63) is 29.8 Å². The molecule has 222 valence electrons. The molecule has 0 aliphatic carbocycles. The average molecular weight is 579 g/mol. The molecular weight excluding hydrogens is 545 g/mol. The molecule has 0 radical (unpaired) electrons. The lowest BCUT2D eigenvalue weighted by Crippen LogP contribution is -2.56. The van der Waals surface area contributed by atoms with E-state index in [0.29, 0.717) is 36.7 Å². The largest absolute Gasteiger partial charge is 0.491 e. The number of anilines is 3. The van der Waals surface area contributed by atoms with Crippen LogP contribution in [0.2, 0.25) is 0 Å². The molecule has 2 saturated heterocycles. The van der Waals surface area contributed by atoms with Gasteiger partial charge in [-0.1, -0.05) is 6.92 Å². The Bertz CT molecular complexity index is 1320. The Morgan fingerprint density at radius 1 is 1.29 bits per heavy atom. The molecule has 2 fully saturated rings. The fourth-order valence-electron chi connectivity index (χ4n) is 5.28. The lowest BCUT2D eigenvalue weighted by atomic mass is 9.99. The van der Waals surface area contributed by atoms with Crippen LogP contribution in [-0.4, -0.2) is 77.2 Å². The first-order chi connectivity index (χ1) is 19.3. The van der Waals surface area contributed by atoms with Crippen LogP contribution in [0, 0.1) is 12.8 Å². The van der Waals surface area contributed by atoms with Crippen molar-refractivity contribution in [3.8, 4) is 5.75 Å². The Labute approximate surface area is 235 Å². The summed E-state index contributed by atoms with van der Waals surface area (Å²) in [4.78, 5) is 42.8. The fraction of sp³-hybridized carbons (Fsp3) is 0.593. The molecule has 1 N–H and O–H groups in total. The number of halogens is 3. The number of Topliss-reactive ketones (excluding diaryl/α,β-unsaturated/α-hetero) is 1. The van der Waals surface area contributed by atoms with E-state index in [9.17, 15) is 22.8 Å². The van der Waals surface area contributed by atoms with Gasteiger partial charge in [0.05, 0.1) is 24.3 Å². The van der Waals surface area contributed by atoms with Gasteiger partial charge < -0.3 is 19.1 Å². The summed E-state index contributed by atoms with van der Waals surface area (Å²) in [6, 6.07) is 2.44. The van der Waals surface area contributed by atoms with E-state index in [4.69, 9.17) is 14.2 Å². The van der Waals surface area contributed by atoms with Gasteiger partial charge in [-0.2, -0.15) is 13.2 Å². The molecule has 3 aliphatic rings. The van der Waals surface area contributed by atoms with Gasteiger partial charge in [-0.05, 0) is 39.7 Å². The number of hydrogen-bond donors (Lipinski definition) is 1. The first-order valence-electron chi connectivity index (χ1n) is 13.5. The van der Waals surface area contributed by atoms with Crippen LogP contribution in [0.4, 0.5) is 35.3 Å². The lowest BCUT2D eigenvalue weighted by Gasteiger charge is -2.46. The van der Waals surface area contributed by atoms with Crippen LogP contribution >= 0.6 is 0 Å². The highest BCUT2D eigenvalue weighted by molar-refractivity contribution is 6.05. The van der Waals surface area contributed by atoms with Gasteiger partial charge in [0.1, 0.15) is 30.0 Å². The SMILES string of the molecule is Cc1nc(C(=O)C[C@H](C)C(F)(F)F)nc2c1N1CCC[C@@H](C1)N2C(=O)Nc1cc(OC[C@H]2COC(C)(C)O2)ccn1. The Kier molecular flexibility index (Phi) is 7.81. The Hall–Kier alpha value is -3.52. The summed E-state index contributed by atoms with van der Waals surface area (Å²) in [6.07, 6.45) is -2.53. The number of nitrogens with zero attached hydrogens (tertiary/aromatic N) is 5. The van der Waals surface area contributed by atoms with E-state index in [-0.39, 0.29) is 36.2 Å². The van der Waals surface area contributed by atoms with Crippen molar-refractivity contribution in [2.45, 2.75) is 71.1 Å². The number of alkyl halides is 3. The van der Waals surface area contributed by atoms with Gasteiger partial charge in [-0.25, -0.2) is 19.7 Å². The first kappa shape index (κ1) is 29.0. The number of piperidine rings is 1. The van der Waals surface area contributed by atoms with Gasteiger partial charge in [0.25, 0.3) is 0 Å². The highest BCUT2D eigenvalue weighted by Crippen LogP contribution is 2.40. The number of aromatic nitrogens is 3.